The topological polar surface area (TPSA) is 110 Å². The van der Waals surface area contributed by atoms with E-state index in [1.165, 1.54) is 0 Å². The van der Waals surface area contributed by atoms with Crippen LogP contribution in [0.25, 0.3) is 11.3 Å². The Balaban J connectivity index is 1.45. The minimum Gasteiger partial charge on any atom is -0.493 e. The molecule has 2 aliphatic rings. The van der Waals surface area contributed by atoms with Crippen molar-refractivity contribution in [2.45, 2.75) is 0 Å². The van der Waals surface area contributed by atoms with E-state index >= 15 is 0 Å². The lowest BCUT2D eigenvalue weighted by atomic mass is 9.98. The van der Waals surface area contributed by atoms with Crippen molar-refractivity contribution in [3.8, 4) is 17.6 Å². The summed E-state index contributed by atoms with van der Waals surface area (Å²) in [6, 6.07) is 20.2. The second-order valence-corrected chi connectivity index (χ2v) is 10.4. The van der Waals surface area contributed by atoms with E-state index in [0.717, 1.165) is 37.6 Å². The second kappa shape index (κ2) is 12.3. The van der Waals surface area contributed by atoms with E-state index in [1.807, 2.05) is 36.4 Å². The predicted octanol–water partition coefficient (Wildman–Crippen LogP) is 3.72. The maximum absolute atomic E-state index is 13.3. The Labute approximate surface area is 245 Å². The summed E-state index contributed by atoms with van der Waals surface area (Å²) in [5, 5.41) is 15.7. The minimum absolute atomic E-state index is 0.0318. The molecule has 0 bridgehead atoms. The van der Waals surface area contributed by atoms with E-state index in [2.05, 4.69) is 33.6 Å². The van der Waals surface area contributed by atoms with Crippen molar-refractivity contribution in [2.75, 3.05) is 76.6 Å². The Morgan fingerprint density at radius 2 is 1.71 bits per heavy atom. The summed E-state index contributed by atoms with van der Waals surface area (Å²) in [5.41, 5.74) is 4.91. The molecule has 2 amide bonds. The van der Waals surface area contributed by atoms with Gasteiger partial charge in [-0.05, 0) is 61.6 Å². The number of carbonyl (C=O) groups excluding carboxylic acids is 2. The molecule has 0 aliphatic carbocycles. The zero-order valence-electron chi connectivity index (χ0n) is 24.2. The molecule has 3 aromatic rings. The third kappa shape index (κ3) is 5.93. The molecule has 1 saturated heterocycles. The van der Waals surface area contributed by atoms with Gasteiger partial charge in [0.15, 0.2) is 11.5 Å². The van der Waals surface area contributed by atoms with Crippen LogP contribution in [0.4, 0.5) is 17.1 Å². The smallest absolute Gasteiger partial charge is 0.258 e. The molecular formula is C32H34N6O4. The molecule has 1 fully saturated rings. The van der Waals surface area contributed by atoms with Crippen LogP contribution in [0.1, 0.15) is 16.7 Å². The highest BCUT2D eigenvalue weighted by Gasteiger charge is 2.29. The van der Waals surface area contributed by atoms with Crippen LogP contribution in [-0.4, -0.2) is 82.7 Å². The highest BCUT2D eigenvalue weighted by Crippen LogP contribution is 2.40. The van der Waals surface area contributed by atoms with Crippen molar-refractivity contribution in [3.63, 3.8) is 0 Å². The van der Waals surface area contributed by atoms with Gasteiger partial charge in [-0.25, -0.2) is 0 Å². The van der Waals surface area contributed by atoms with Gasteiger partial charge in [0.05, 0.1) is 49.4 Å². The fourth-order valence-electron chi connectivity index (χ4n) is 5.12. The van der Waals surface area contributed by atoms with Crippen LogP contribution >= 0.6 is 0 Å². The average molecular weight is 567 g/mol. The van der Waals surface area contributed by atoms with Crippen molar-refractivity contribution < 1.29 is 19.1 Å². The molecule has 3 aromatic carbocycles. The first-order valence-electron chi connectivity index (χ1n) is 13.7. The molecule has 0 atom stereocenters. The van der Waals surface area contributed by atoms with E-state index in [4.69, 9.17) is 9.47 Å². The number of benzene rings is 3. The van der Waals surface area contributed by atoms with E-state index in [-0.39, 0.29) is 11.8 Å². The minimum atomic E-state index is -0.289. The first kappa shape index (κ1) is 28.7. The van der Waals surface area contributed by atoms with Crippen molar-refractivity contribution in [3.05, 3.63) is 77.4 Å². The summed E-state index contributed by atoms with van der Waals surface area (Å²) in [4.78, 5) is 32.4. The van der Waals surface area contributed by atoms with Gasteiger partial charge in [0.1, 0.15) is 0 Å². The zero-order valence-corrected chi connectivity index (χ0v) is 24.2. The largest absolute Gasteiger partial charge is 0.493 e. The Morgan fingerprint density at radius 3 is 2.38 bits per heavy atom. The number of carbonyl (C=O) groups is 2. The number of nitrogens with zero attached hydrogens (tertiary/aromatic N) is 4. The maximum Gasteiger partial charge on any atom is 0.258 e. The number of likely N-dealkylation sites (N-methyl/N-ethyl adjacent to an activating group) is 2. The summed E-state index contributed by atoms with van der Waals surface area (Å²) >= 11 is 0. The maximum atomic E-state index is 13.3. The quantitative estimate of drug-likeness (QED) is 0.397. The number of anilines is 3. The van der Waals surface area contributed by atoms with Crippen molar-refractivity contribution in [1.82, 2.24) is 9.80 Å². The molecule has 10 nitrogen and oxygen atoms in total. The number of ether oxygens (including phenoxy) is 2. The van der Waals surface area contributed by atoms with Gasteiger partial charge < -0.3 is 29.9 Å². The molecular weight excluding hydrogens is 532 g/mol. The van der Waals surface area contributed by atoms with E-state index < -0.39 is 0 Å². The number of methoxy groups -OCH3 is 2. The summed E-state index contributed by atoms with van der Waals surface area (Å²) in [6.45, 7) is 4.04. The van der Waals surface area contributed by atoms with Gasteiger partial charge in [-0.2, -0.15) is 5.26 Å². The lowest BCUT2D eigenvalue weighted by Gasteiger charge is -2.32. The number of nitriles is 1. The summed E-state index contributed by atoms with van der Waals surface area (Å²) in [6.07, 6.45) is 0. The Bertz CT molecular complexity index is 1570. The van der Waals surface area contributed by atoms with Crippen LogP contribution in [0, 0.1) is 11.3 Å². The highest BCUT2D eigenvalue weighted by molar-refractivity contribution is 6.37. The third-order valence-electron chi connectivity index (χ3n) is 7.67. The number of piperazine rings is 1. The van der Waals surface area contributed by atoms with Gasteiger partial charge in [0.2, 0.25) is 5.91 Å². The monoisotopic (exact) mass is 566 g/mol. The zero-order chi connectivity index (χ0) is 29.8. The molecule has 0 radical (unpaired) electrons. The Kier molecular flexibility index (Phi) is 8.43. The molecule has 0 aromatic heterocycles. The number of nitrogens with one attached hydrogen (secondary N) is 2. The number of fused-ring (bicyclic) bond motifs is 1. The van der Waals surface area contributed by atoms with Crippen LogP contribution in [0.5, 0.6) is 11.5 Å². The van der Waals surface area contributed by atoms with Crippen molar-refractivity contribution >= 4 is 40.1 Å². The molecule has 0 unspecified atom stereocenters. The first-order chi connectivity index (χ1) is 20.3. The molecule has 216 valence electrons. The van der Waals surface area contributed by atoms with Crippen molar-refractivity contribution in [2.24, 2.45) is 0 Å². The Hall–Kier alpha value is -4.85. The lowest BCUT2D eigenvalue weighted by molar-refractivity contribution is -0.119. The Morgan fingerprint density at radius 1 is 1.00 bits per heavy atom. The summed E-state index contributed by atoms with van der Waals surface area (Å²) < 4.78 is 11.0. The number of rotatable bonds is 8. The van der Waals surface area contributed by atoms with Gasteiger partial charge in [0, 0.05) is 55.7 Å². The van der Waals surface area contributed by atoms with Crippen LogP contribution in [-0.2, 0) is 9.59 Å². The van der Waals surface area contributed by atoms with Crippen LogP contribution in [0.3, 0.4) is 0 Å². The van der Waals surface area contributed by atoms with Crippen LogP contribution in [0.15, 0.2) is 60.7 Å². The molecule has 0 spiro atoms. The molecule has 2 aliphatic heterocycles. The molecule has 2 heterocycles. The molecule has 42 heavy (non-hydrogen) atoms. The van der Waals surface area contributed by atoms with Gasteiger partial charge in [-0.3, -0.25) is 14.5 Å². The van der Waals surface area contributed by atoms with Gasteiger partial charge in [-0.15, -0.1) is 0 Å². The van der Waals surface area contributed by atoms with Crippen LogP contribution < -0.4 is 25.0 Å². The number of hydrogen-bond donors (Lipinski definition) is 2. The normalized spacial score (nSPS) is 16.2. The molecule has 10 heteroatoms. The summed E-state index contributed by atoms with van der Waals surface area (Å²) in [5.74, 6) is 0.825. The van der Waals surface area contributed by atoms with Gasteiger partial charge in [-0.1, -0.05) is 6.07 Å². The number of amides is 2. The molecule has 5 rings (SSSR count). The summed E-state index contributed by atoms with van der Waals surface area (Å²) in [7, 11) is 7.00. The molecule has 0 saturated carbocycles. The fraction of sp³-hybridized carbons (Fsp3) is 0.281. The highest BCUT2D eigenvalue weighted by atomic mass is 16.5. The molecule has 2 N–H and O–H groups in total. The predicted molar refractivity (Wildman–Crippen MR) is 164 cm³/mol. The van der Waals surface area contributed by atoms with Crippen LogP contribution in [0.2, 0.25) is 0 Å². The average Bonchev–Trinajstić information content (AvgIpc) is 3.34. The van der Waals surface area contributed by atoms with E-state index in [1.54, 1.807) is 50.4 Å². The lowest BCUT2D eigenvalue weighted by Crippen LogP contribution is -2.48. The van der Waals surface area contributed by atoms with E-state index in [9.17, 15) is 14.9 Å². The van der Waals surface area contributed by atoms with Crippen molar-refractivity contribution in [1.29, 1.82) is 5.26 Å². The fourth-order valence-corrected chi connectivity index (χ4v) is 5.12. The second-order valence-electron chi connectivity index (χ2n) is 10.4. The first-order valence-corrected chi connectivity index (χ1v) is 13.7. The standard InChI is InChI=1S/C32H34N6O4/c1-36-13-15-38(16-14-36)20-29(39)37(2)24-9-7-23(8-10-24)34-31(22-6-12-27(41-3)28(18-22)42-4)30-25-11-5-21(19-33)17-26(25)35-32(30)40/h5-12,17-18,34H,13-16,20H2,1-4H3,(H,35,40). The van der Waals surface area contributed by atoms with Gasteiger partial charge in [0.25, 0.3) is 5.91 Å². The SMILES string of the molecule is COc1ccc(C(Nc2ccc(N(C)C(=O)CN3CCN(C)CC3)cc2)=C2C(=O)Nc3cc(C#N)ccc32)cc1OC. The number of hydrogen-bond acceptors (Lipinski definition) is 8. The van der Waals surface area contributed by atoms with E-state index in [0.29, 0.717) is 51.7 Å². The van der Waals surface area contributed by atoms with Gasteiger partial charge >= 0.3 is 0 Å². The third-order valence-corrected chi connectivity index (χ3v) is 7.67.